The molecular weight excluding hydrogens is 320 g/mol. The largest absolute Gasteiger partial charge is 0.306 e. The highest BCUT2D eigenvalue weighted by Gasteiger charge is 2.39. The van der Waals surface area contributed by atoms with Crippen LogP contribution < -0.4 is 10.4 Å². The van der Waals surface area contributed by atoms with Crippen molar-refractivity contribution in [3.05, 3.63) is 60.7 Å². The van der Waals surface area contributed by atoms with Crippen molar-refractivity contribution in [1.82, 2.24) is 9.80 Å². The first-order chi connectivity index (χ1) is 12.2. The van der Waals surface area contributed by atoms with Crippen LogP contribution in [0.5, 0.6) is 0 Å². The second-order valence-corrected chi connectivity index (χ2v) is 10.7. The molecule has 0 amide bonds. The van der Waals surface area contributed by atoms with Crippen molar-refractivity contribution in [3.63, 3.8) is 0 Å². The summed E-state index contributed by atoms with van der Waals surface area (Å²) in [6.07, 6.45) is 2.37. The van der Waals surface area contributed by atoms with Gasteiger partial charge >= 0.3 is 0 Å². The summed E-state index contributed by atoms with van der Waals surface area (Å²) in [6.45, 7) is 13.6. The van der Waals surface area contributed by atoms with Crippen LogP contribution in [0.15, 0.2) is 60.7 Å². The molecule has 3 heteroatoms. The van der Waals surface area contributed by atoms with E-state index in [-0.39, 0.29) is 0 Å². The fourth-order valence-electron chi connectivity index (χ4n) is 3.75. The van der Waals surface area contributed by atoms with Crippen molar-refractivity contribution in [2.45, 2.75) is 27.7 Å². The number of nitrogens with zero attached hydrogens (tertiary/aromatic N) is 2. The Morgan fingerprint density at radius 1 is 0.560 bits per heavy atom. The van der Waals surface area contributed by atoms with Crippen LogP contribution in [-0.2, 0) is 0 Å². The van der Waals surface area contributed by atoms with Gasteiger partial charge in [0.15, 0.2) is 0 Å². The molecule has 2 aromatic rings. The highest BCUT2D eigenvalue weighted by molar-refractivity contribution is 7.02. The van der Waals surface area contributed by atoms with Gasteiger partial charge in [0.05, 0.1) is 0 Å². The van der Waals surface area contributed by atoms with Gasteiger partial charge in [0, 0.05) is 12.3 Å². The molecule has 0 unspecified atom stereocenters. The van der Waals surface area contributed by atoms with Crippen LogP contribution in [-0.4, -0.2) is 56.4 Å². The second kappa shape index (κ2) is 9.90. The molecule has 0 fully saturated rings. The Morgan fingerprint density at radius 2 is 0.880 bits per heavy atom. The Labute approximate surface area is 155 Å². The zero-order valence-corrected chi connectivity index (χ0v) is 17.4. The minimum absolute atomic E-state index is 1.11. The molecule has 2 rings (SSSR count). The van der Waals surface area contributed by atoms with Gasteiger partial charge in [-0.1, -0.05) is 98.7 Å². The average molecular weight is 355 g/mol. The van der Waals surface area contributed by atoms with Crippen LogP contribution in [0.1, 0.15) is 27.7 Å². The lowest BCUT2D eigenvalue weighted by atomic mass is 10.4. The Bertz CT molecular complexity index is 536. The predicted molar refractivity (Wildman–Crippen MR) is 113 cm³/mol. The lowest BCUT2D eigenvalue weighted by Gasteiger charge is -2.40. The zero-order valence-electron chi connectivity index (χ0n) is 16.4. The lowest BCUT2D eigenvalue weighted by Crippen LogP contribution is -2.70. The molecule has 25 heavy (non-hydrogen) atoms. The van der Waals surface area contributed by atoms with Gasteiger partial charge in [0.1, 0.15) is 8.07 Å². The van der Waals surface area contributed by atoms with Gasteiger partial charge in [-0.15, -0.1) is 0 Å². The molecular formula is C22H34N2Si. The highest BCUT2D eigenvalue weighted by Crippen LogP contribution is 2.11. The van der Waals surface area contributed by atoms with E-state index in [2.05, 4.69) is 98.2 Å². The molecule has 2 aromatic carbocycles. The molecule has 0 N–H and O–H groups in total. The smallest absolute Gasteiger partial charge is 0.145 e. The zero-order chi connectivity index (χ0) is 18.1. The van der Waals surface area contributed by atoms with Crippen LogP contribution in [0.3, 0.4) is 0 Å². The number of hydrogen-bond donors (Lipinski definition) is 0. The van der Waals surface area contributed by atoms with Gasteiger partial charge in [0.2, 0.25) is 0 Å². The Kier molecular flexibility index (Phi) is 7.88. The SMILES string of the molecule is CCN(CC)C[Si](CN(CC)CC)(c1ccccc1)c1ccccc1. The first kappa shape index (κ1) is 19.9. The first-order valence-corrected chi connectivity index (χ1v) is 12.2. The van der Waals surface area contributed by atoms with E-state index >= 15 is 0 Å². The lowest BCUT2D eigenvalue weighted by molar-refractivity contribution is 0.327. The maximum atomic E-state index is 2.62. The average Bonchev–Trinajstić information content (AvgIpc) is 2.70. The highest BCUT2D eigenvalue weighted by atomic mass is 28.3. The summed E-state index contributed by atoms with van der Waals surface area (Å²) in [5.41, 5.74) is 0. The number of benzene rings is 2. The van der Waals surface area contributed by atoms with E-state index in [0.29, 0.717) is 0 Å². The van der Waals surface area contributed by atoms with Gasteiger partial charge in [0.25, 0.3) is 0 Å². The Morgan fingerprint density at radius 3 is 1.16 bits per heavy atom. The molecule has 0 aliphatic heterocycles. The first-order valence-electron chi connectivity index (χ1n) is 9.75. The summed E-state index contributed by atoms with van der Waals surface area (Å²) in [5.74, 6) is 0. The molecule has 0 heterocycles. The third-order valence-electron chi connectivity index (χ3n) is 5.43. The summed E-state index contributed by atoms with van der Waals surface area (Å²) in [5, 5.41) is 3.11. The standard InChI is InChI=1S/C22H34N2Si/c1-5-23(6-2)19-25(20-24(7-3)8-4,21-15-11-9-12-16-21)22-17-13-10-14-18-22/h9-18H,5-8,19-20H2,1-4H3. The van der Waals surface area contributed by atoms with Gasteiger partial charge in [-0.25, -0.2) is 0 Å². The topological polar surface area (TPSA) is 6.48 Å². The minimum Gasteiger partial charge on any atom is -0.306 e. The number of hydrogen-bond acceptors (Lipinski definition) is 2. The summed E-state index contributed by atoms with van der Waals surface area (Å²) >= 11 is 0. The monoisotopic (exact) mass is 354 g/mol. The molecule has 0 bridgehead atoms. The molecule has 2 nitrogen and oxygen atoms in total. The molecule has 0 saturated heterocycles. The molecule has 0 aromatic heterocycles. The minimum atomic E-state index is -1.91. The van der Waals surface area contributed by atoms with Crippen LogP contribution in [0, 0.1) is 0 Å². The van der Waals surface area contributed by atoms with Crippen LogP contribution in [0.2, 0.25) is 0 Å². The third-order valence-corrected chi connectivity index (χ3v) is 10.3. The normalized spacial score (nSPS) is 12.1. The molecule has 0 atom stereocenters. The van der Waals surface area contributed by atoms with Crippen molar-refractivity contribution < 1.29 is 0 Å². The van der Waals surface area contributed by atoms with E-state index in [4.69, 9.17) is 0 Å². The summed E-state index contributed by atoms with van der Waals surface area (Å²) in [7, 11) is -1.91. The predicted octanol–water partition coefficient (Wildman–Crippen LogP) is 3.01. The van der Waals surface area contributed by atoms with Crippen LogP contribution in [0.4, 0.5) is 0 Å². The van der Waals surface area contributed by atoms with Gasteiger partial charge < -0.3 is 9.80 Å². The van der Waals surface area contributed by atoms with E-state index in [0.717, 1.165) is 26.2 Å². The van der Waals surface area contributed by atoms with E-state index in [1.165, 1.54) is 12.3 Å². The maximum absolute atomic E-state index is 2.62. The van der Waals surface area contributed by atoms with Crippen molar-refractivity contribution in [3.8, 4) is 0 Å². The fraction of sp³-hybridized carbons (Fsp3) is 0.455. The fourth-order valence-corrected chi connectivity index (χ4v) is 9.00. The molecule has 0 aliphatic carbocycles. The molecule has 0 aliphatic rings. The number of rotatable bonds is 10. The van der Waals surface area contributed by atoms with E-state index in [9.17, 15) is 0 Å². The van der Waals surface area contributed by atoms with E-state index in [1.807, 2.05) is 0 Å². The van der Waals surface area contributed by atoms with Crippen LogP contribution >= 0.6 is 0 Å². The van der Waals surface area contributed by atoms with E-state index in [1.54, 1.807) is 10.4 Å². The summed E-state index contributed by atoms with van der Waals surface area (Å²) in [6, 6.07) is 22.6. The Balaban J connectivity index is 2.59. The summed E-state index contributed by atoms with van der Waals surface area (Å²) < 4.78 is 0. The maximum Gasteiger partial charge on any atom is 0.145 e. The molecule has 136 valence electrons. The van der Waals surface area contributed by atoms with Crippen molar-refractivity contribution in [2.75, 3.05) is 38.5 Å². The van der Waals surface area contributed by atoms with Crippen molar-refractivity contribution >= 4 is 18.4 Å². The second-order valence-electron chi connectivity index (χ2n) is 6.74. The van der Waals surface area contributed by atoms with Crippen molar-refractivity contribution in [1.29, 1.82) is 0 Å². The van der Waals surface area contributed by atoms with Gasteiger partial charge in [-0.3, -0.25) is 0 Å². The molecule has 0 radical (unpaired) electrons. The third kappa shape index (κ3) is 4.81. The molecule has 0 spiro atoms. The van der Waals surface area contributed by atoms with Crippen LogP contribution in [0.25, 0.3) is 0 Å². The van der Waals surface area contributed by atoms with Crippen molar-refractivity contribution in [2.24, 2.45) is 0 Å². The van der Waals surface area contributed by atoms with Gasteiger partial charge in [-0.05, 0) is 26.2 Å². The molecule has 0 saturated carbocycles. The quantitative estimate of drug-likeness (QED) is 0.605. The van der Waals surface area contributed by atoms with Gasteiger partial charge in [-0.2, -0.15) is 0 Å². The Hall–Kier alpha value is -1.42. The summed E-state index contributed by atoms with van der Waals surface area (Å²) in [4.78, 5) is 5.24. The van der Waals surface area contributed by atoms with E-state index < -0.39 is 8.07 Å².